The van der Waals surface area contributed by atoms with Crippen molar-refractivity contribution in [2.45, 2.75) is 11.8 Å². The molecular weight excluding hydrogens is 241 g/mol. The molecule has 0 saturated carbocycles. The molecule has 0 unspecified atom stereocenters. The Bertz CT molecular complexity index is 633. The summed E-state index contributed by atoms with van der Waals surface area (Å²) in [4.78, 5) is 2.59. The Morgan fingerprint density at radius 1 is 1.40 bits per heavy atom. The summed E-state index contributed by atoms with van der Waals surface area (Å²) in [5.41, 5.74) is 0.761. The zero-order chi connectivity index (χ0) is 11.2. The van der Waals surface area contributed by atoms with E-state index in [1.54, 1.807) is 6.07 Å². The third-order valence-corrected chi connectivity index (χ3v) is 3.61. The van der Waals surface area contributed by atoms with Crippen LogP contribution in [0.2, 0.25) is 0 Å². The van der Waals surface area contributed by atoms with Crippen molar-refractivity contribution in [3.05, 3.63) is 29.7 Å². The van der Waals surface area contributed by atoms with Gasteiger partial charge in [-0.15, -0.1) is 0 Å². The van der Waals surface area contributed by atoms with E-state index in [0.29, 0.717) is 11.2 Å². The molecular formula is C9H7ClFNO2S. The molecule has 0 saturated heterocycles. The van der Waals surface area contributed by atoms with E-state index in [4.69, 9.17) is 10.7 Å². The molecule has 1 aromatic carbocycles. The predicted octanol–water partition coefficient (Wildman–Crippen LogP) is 2.54. The third kappa shape index (κ3) is 1.61. The monoisotopic (exact) mass is 247 g/mol. The standard InChI is InChI=1S/C9H7ClFNO2S/c1-5-9(15(10,13)14)8-6(11)3-2-4-7(8)12-5/h2-4,12H,1H3. The average Bonchev–Trinajstić information content (AvgIpc) is 2.41. The molecule has 0 amide bonds. The summed E-state index contributed by atoms with van der Waals surface area (Å²) in [6.45, 7) is 1.54. The Hall–Kier alpha value is -1.07. The van der Waals surface area contributed by atoms with Gasteiger partial charge in [0.25, 0.3) is 9.05 Å². The van der Waals surface area contributed by atoms with E-state index >= 15 is 0 Å². The molecule has 0 radical (unpaired) electrons. The van der Waals surface area contributed by atoms with Crippen LogP contribution in [-0.4, -0.2) is 13.4 Å². The molecule has 80 valence electrons. The van der Waals surface area contributed by atoms with Gasteiger partial charge in [-0.1, -0.05) is 6.07 Å². The molecule has 15 heavy (non-hydrogen) atoms. The molecule has 0 aliphatic heterocycles. The predicted molar refractivity (Wildman–Crippen MR) is 56.0 cm³/mol. The lowest BCUT2D eigenvalue weighted by molar-refractivity contribution is 0.607. The number of hydrogen-bond donors (Lipinski definition) is 1. The van der Waals surface area contributed by atoms with Crippen LogP contribution in [-0.2, 0) is 9.05 Å². The Labute approximate surface area is 90.3 Å². The molecule has 0 aliphatic rings. The summed E-state index contributed by atoms with van der Waals surface area (Å²) in [6.07, 6.45) is 0. The van der Waals surface area contributed by atoms with Crippen LogP contribution in [0.1, 0.15) is 5.69 Å². The summed E-state index contributed by atoms with van der Waals surface area (Å²) < 4.78 is 36.0. The normalized spacial score (nSPS) is 12.2. The molecule has 3 nitrogen and oxygen atoms in total. The lowest BCUT2D eigenvalue weighted by Crippen LogP contribution is -1.92. The number of hydrogen-bond acceptors (Lipinski definition) is 2. The van der Waals surface area contributed by atoms with Crippen LogP contribution in [0.3, 0.4) is 0 Å². The number of H-pyrrole nitrogens is 1. The number of fused-ring (bicyclic) bond motifs is 1. The highest BCUT2D eigenvalue weighted by Crippen LogP contribution is 2.30. The van der Waals surface area contributed by atoms with Crippen LogP contribution in [0.25, 0.3) is 10.9 Å². The minimum Gasteiger partial charge on any atom is -0.357 e. The first-order valence-corrected chi connectivity index (χ1v) is 6.43. The number of aryl methyl sites for hydroxylation is 1. The second-order valence-electron chi connectivity index (χ2n) is 3.18. The molecule has 2 aromatic rings. The van der Waals surface area contributed by atoms with Gasteiger partial charge in [0.1, 0.15) is 10.7 Å². The van der Waals surface area contributed by atoms with E-state index < -0.39 is 14.9 Å². The fourth-order valence-electron chi connectivity index (χ4n) is 1.61. The van der Waals surface area contributed by atoms with Crippen LogP contribution < -0.4 is 0 Å². The van der Waals surface area contributed by atoms with Gasteiger partial charge in [-0.2, -0.15) is 0 Å². The van der Waals surface area contributed by atoms with E-state index in [9.17, 15) is 12.8 Å². The van der Waals surface area contributed by atoms with E-state index in [1.807, 2.05) is 0 Å². The summed E-state index contributed by atoms with van der Waals surface area (Å²) in [7, 11) is 1.30. The maximum absolute atomic E-state index is 13.4. The zero-order valence-electron chi connectivity index (χ0n) is 7.71. The first kappa shape index (κ1) is 10.4. The first-order chi connectivity index (χ1) is 6.91. The lowest BCUT2D eigenvalue weighted by Gasteiger charge is -1.96. The van der Waals surface area contributed by atoms with Crippen molar-refractivity contribution in [3.8, 4) is 0 Å². The fraction of sp³-hybridized carbons (Fsp3) is 0.111. The van der Waals surface area contributed by atoms with E-state index in [0.717, 1.165) is 0 Å². The van der Waals surface area contributed by atoms with Gasteiger partial charge >= 0.3 is 0 Å². The van der Waals surface area contributed by atoms with Gasteiger partial charge in [0.05, 0.1) is 5.39 Å². The molecule has 0 aliphatic carbocycles. The smallest absolute Gasteiger partial charge is 0.263 e. The van der Waals surface area contributed by atoms with Crippen molar-refractivity contribution < 1.29 is 12.8 Å². The number of halogens is 2. The molecule has 0 spiro atoms. The fourth-order valence-corrected chi connectivity index (χ4v) is 3.06. The van der Waals surface area contributed by atoms with Crippen molar-refractivity contribution in [2.24, 2.45) is 0 Å². The van der Waals surface area contributed by atoms with Gasteiger partial charge in [0.15, 0.2) is 0 Å². The quantitative estimate of drug-likeness (QED) is 0.788. The molecule has 1 heterocycles. The summed E-state index contributed by atoms with van der Waals surface area (Å²) in [5.74, 6) is -0.601. The minimum atomic E-state index is -3.94. The molecule has 0 fully saturated rings. The van der Waals surface area contributed by atoms with Crippen molar-refractivity contribution >= 4 is 30.6 Å². The van der Waals surface area contributed by atoms with Crippen LogP contribution >= 0.6 is 10.7 Å². The molecule has 0 bridgehead atoms. The van der Waals surface area contributed by atoms with Crippen molar-refractivity contribution in [1.82, 2.24) is 4.98 Å². The van der Waals surface area contributed by atoms with Gasteiger partial charge in [-0.05, 0) is 19.1 Å². The summed E-state index contributed by atoms with van der Waals surface area (Å²) in [5, 5.41) is 0.0185. The van der Waals surface area contributed by atoms with Gasteiger partial charge in [-0.3, -0.25) is 0 Å². The number of nitrogens with one attached hydrogen (secondary N) is 1. The van der Waals surface area contributed by atoms with E-state index in [-0.39, 0.29) is 10.3 Å². The van der Waals surface area contributed by atoms with Crippen LogP contribution in [0, 0.1) is 12.7 Å². The second-order valence-corrected chi connectivity index (χ2v) is 5.68. The molecule has 1 aromatic heterocycles. The lowest BCUT2D eigenvalue weighted by atomic mass is 10.2. The maximum atomic E-state index is 13.4. The van der Waals surface area contributed by atoms with Crippen molar-refractivity contribution in [3.63, 3.8) is 0 Å². The highest BCUT2D eigenvalue weighted by Gasteiger charge is 2.22. The summed E-state index contributed by atoms with van der Waals surface area (Å²) in [6, 6.07) is 4.29. The number of aromatic amines is 1. The van der Waals surface area contributed by atoms with E-state index in [2.05, 4.69) is 4.98 Å². The van der Waals surface area contributed by atoms with Crippen LogP contribution in [0.15, 0.2) is 23.1 Å². The Kier molecular flexibility index (Phi) is 2.24. The zero-order valence-corrected chi connectivity index (χ0v) is 9.29. The number of rotatable bonds is 1. The molecule has 2 rings (SSSR count). The Morgan fingerprint density at radius 2 is 2.07 bits per heavy atom. The SMILES string of the molecule is Cc1[nH]c2cccc(F)c2c1S(=O)(=O)Cl. The van der Waals surface area contributed by atoms with Crippen LogP contribution in [0.4, 0.5) is 4.39 Å². The minimum absolute atomic E-state index is 0.0185. The third-order valence-electron chi connectivity index (χ3n) is 2.15. The van der Waals surface area contributed by atoms with Gasteiger partial charge in [0, 0.05) is 21.9 Å². The molecule has 6 heteroatoms. The maximum Gasteiger partial charge on any atom is 0.263 e. The van der Waals surface area contributed by atoms with E-state index in [1.165, 1.54) is 19.1 Å². The highest BCUT2D eigenvalue weighted by molar-refractivity contribution is 8.14. The van der Waals surface area contributed by atoms with Crippen LogP contribution in [0.5, 0.6) is 0 Å². The van der Waals surface area contributed by atoms with Crippen molar-refractivity contribution in [2.75, 3.05) is 0 Å². The second kappa shape index (κ2) is 3.21. The topological polar surface area (TPSA) is 49.9 Å². The Balaban J connectivity index is 3.02. The largest absolute Gasteiger partial charge is 0.357 e. The number of benzene rings is 1. The first-order valence-electron chi connectivity index (χ1n) is 4.12. The summed E-state index contributed by atoms with van der Waals surface area (Å²) >= 11 is 0. The van der Waals surface area contributed by atoms with Gasteiger partial charge in [-0.25, -0.2) is 12.8 Å². The van der Waals surface area contributed by atoms with Gasteiger partial charge in [0.2, 0.25) is 0 Å². The molecule has 1 N–H and O–H groups in total. The average molecular weight is 248 g/mol. The molecule has 0 atom stereocenters. The Morgan fingerprint density at radius 3 is 2.67 bits per heavy atom. The highest BCUT2D eigenvalue weighted by atomic mass is 35.7. The van der Waals surface area contributed by atoms with Crippen molar-refractivity contribution in [1.29, 1.82) is 0 Å². The number of aromatic nitrogens is 1. The van der Waals surface area contributed by atoms with Gasteiger partial charge < -0.3 is 4.98 Å².